The van der Waals surface area contributed by atoms with E-state index in [0.717, 1.165) is 11.1 Å². The van der Waals surface area contributed by atoms with Gasteiger partial charge in [0, 0.05) is 10.8 Å². The van der Waals surface area contributed by atoms with Crippen molar-refractivity contribution in [2.45, 2.75) is 0 Å². The van der Waals surface area contributed by atoms with E-state index in [0.29, 0.717) is 0 Å². The fraction of sp³-hybridized carbons (Fsp3) is 0. The third kappa shape index (κ3) is 0.580. The highest BCUT2D eigenvalue weighted by Gasteiger charge is 2.20. The summed E-state index contributed by atoms with van der Waals surface area (Å²) in [5.74, 6) is 0. The molecule has 0 spiro atoms. The summed E-state index contributed by atoms with van der Waals surface area (Å²) in [5, 5.41) is 2.56. The van der Waals surface area contributed by atoms with Crippen molar-refractivity contribution in [3.8, 4) is 0 Å². The third-order valence-corrected chi connectivity index (χ3v) is 2.52. The number of hydrogen-bond donors (Lipinski definition) is 0. The Kier molecular flexibility index (Phi) is 0.658. The molecule has 0 bridgehead atoms. The summed E-state index contributed by atoms with van der Waals surface area (Å²) in [5.41, 5.74) is 1.69. The Bertz CT molecular complexity index is 313. The maximum Gasteiger partial charge on any atom is 0.194 e. The van der Waals surface area contributed by atoms with E-state index in [9.17, 15) is 8.42 Å². The number of sulfone groups is 1. The van der Waals surface area contributed by atoms with Crippen molar-refractivity contribution < 1.29 is 8.42 Å². The predicted molar refractivity (Wildman–Crippen MR) is 34.2 cm³/mol. The summed E-state index contributed by atoms with van der Waals surface area (Å²) < 4.78 is 21.4. The van der Waals surface area contributed by atoms with Crippen molar-refractivity contribution >= 4 is 9.84 Å². The van der Waals surface area contributed by atoms with Crippen LogP contribution in [0.3, 0.4) is 0 Å². The maximum atomic E-state index is 10.7. The van der Waals surface area contributed by atoms with Crippen LogP contribution in [0.1, 0.15) is 0 Å². The Labute approximate surface area is 53.1 Å². The molecule has 1 heterocycles. The summed E-state index contributed by atoms with van der Waals surface area (Å²) in [6.45, 7) is 0. The molecule has 0 saturated heterocycles. The molecule has 2 rings (SSSR count). The summed E-state index contributed by atoms with van der Waals surface area (Å²) in [6.07, 6.45) is 3.58. The minimum absolute atomic E-state index is 0.843. The molecular formula is C6H4O2S. The van der Waals surface area contributed by atoms with Crippen LogP contribution in [-0.4, -0.2) is 8.42 Å². The van der Waals surface area contributed by atoms with Gasteiger partial charge in [0.15, 0.2) is 9.84 Å². The number of fused-ring (bicyclic) bond motifs is 1. The van der Waals surface area contributed by atoms with E-state index in [4.69, 9.17) is 0 Å². The first kappa shape index (κ1) is 4.99. The molecule has 0 atom stereocenters. The second-order valence-corrected chi connectivity index (χ2v) is 3.72. The first-order chi connectivity index (χ1) is 4.17. The molecule has 2 aliphatic rings. The predicted octanol–water partition coefficient (Wildman–Crippen LogP) is 0.752. The zero-order valence-corrected chi connectivity index (χ0v) is 5.35. The average molecular weight is 140 g/mol. The minimum atomic E-state index is -2.97. The zero-order chi connectivity index (χ0) is 6.48. The van der Waals surface area contributed by atoms with Gasteiger partial charge in [0.05, 0.1) is 0 Å². The Hall–Kier alpha value is -0.830. The van der Waals surface area contributed by atoms with Crippen LogP contribution in [0.5, 0.6) is 0 Å². The van der Waals surface area contributed by atoms with Gasteiger partial charge in [-0.25, -0.2) is 8.42 Å². The van der Waals surface area contributed by atoms with Crippen LogP contribution in [-0.2, 0) is 9.84 Å². The molecule has 0 radical (unpaired) electrons. The lowest BCUT2D eigenvalue weighted by Gasteiger charge is -2.03. The van der Waals surface area contributed by atoms with Crippen LogP contribution in [0.15, 0.2) is 34.1 Å². The van der Waals surface area contributed by atoms with Gasteiger partial charge in [-0.1, -0.05) is 12.2 Å². The van der Waals surface area contributed by atoms with E-state index in [1.165, 1.54) is 10.8 Å². The van der Waals surface area contributed by atoms with Gasteiger partial charge in [0.2, 0.25) is 0 Å². The quantitative estimate of drug-likeness (QED) is 0.497. The van der Waals surface area contributed by atoms with E-state index < -0.39 is 9.84 Å². The van der Waals surface area contributed by atoms with Gasteiger partial charge in [0.1, 0.15) is 0 Å². The molecule has 0 saturated carbocycles. The molecule has 0 amide bonds. The molecule has 0 N–H and O–H groups in total. The maximum absolute atomic E-state index is 10.7. The number of allylic oxidation sites excluding steroid dienone is 4. The highest BCUT2D eigenvalue weighted by molar-refractivity contribution is 7.97. The second kappa shape index (κ2) is 1.19. The first-order valence-electron chi connectivity index (χ1n) is 2.54. The summed E-state index contributed by atoms with van der Waals surface area (Å²) >= 11 is 0. The molecule has 0 aromatic carbocycles. The molecule has 1 aliphatic carbocycles. The number of rotatable bonds is 0. The lowest BCUT2D eigenvalue weighted by Crippen LogP contribution is -1.86. The lowest BCUT2D eigenvalue weighted by molar-refractivity contribution is 0.613. The molecule has 0 unspecified atom stereocenters. The molecule has 0 aromatic heterocycles. The SMILES string of the molecule is O=S1(=O)C=C2C=CC2=C1. The lowest BCUT2D eigenvalue weighted by atomic mass is 10.00. The van der Waals surface area contributed by atoms with Crippen LogP contribution < -0.4 is 0 Å². The highest BCUT2D eigenvalue weighted by atomic mass is 32.2. The zero-order valence-electron chi connectivity index (χ0n) is 4.53. The van der Waals surface area contributed by atoms with Crippen molar-refractivity contribution in [1.29, 1.82) is 0 Å². The largest absolute Gasteiger partial charge is 0.220 e. The van der Waals surface area contributed by atoms with E-state index in [1.807, 2.05) is 0 Å². The van der Waals surface area contributed by atoms with Crippen molar-refractivity contribution in [2.75, 3.05) is 0 Å². The van der Waals surface area contributed by atoms with Crippen LogP contribution in [0.25, 0.3) is 0 Å². The van der Waals surface area contributed by atoms with E-state index >= 15 is 0 Å². The molecule has 0 aromatic rings. The van der Waals surface area contributed by atoms with Crippen molar-refractivity contribution in [3.05, 3.63) is 34.1 Å². The fourth-order valence-corrected chi connectivity index (χ4v) is 2.08. The van der Waals surface area contributed by atoms with Crippen molar-refractivity contribution in [1.82, 2.24) is 0 Å². The van der Waals surface area contributed by atoms with Crippen LogP contribution >= 0.6 is 0 Å². The topological polar surface area (TPSA) is 34.1 Å². The molecular weight excluding hydrogens is 136 g/mol. The minimum Gasteiger partial charge on any atom is -0.220 e. The molecule has 1 aliphatic heterocycles. The highest BCUT2D eigenvalue weighted by Crippen LogP contribution is 2.31. The average Bonchev–Trinajstić information content (AvgIpc) is 1.90. The number of hydrogen-bond acceptors (Lipinski definition) is 2. The van der Waals surface area contributed by atoms with Gasteiger partial charge in [-0.15, -0.1) is 0 Å². The van der Waals surface area contributed by atoms with Gasteiger partial charge in [0.25, 0.3) is 0 Å². The van der Waals surface area contributed by atoms with Gasteiger partial charge >= 0.3 is 0 Å². The molecule has 46 valence electrons. The Morgan fingerprint density at radius 1 is 1.00 bits per heavy atom. The molecule has 9 heavy (non-hydrogen) atoms. The monoisotopic (exact) mass is 140 g/mol. The van der Waals surface area contributed by atoms with Crippen LogP contribution in [0.2, 0.25) is 0 Å². The molecule has 2 nitrogen and oxygen atoms in total. The van der Waals surface area contributed by atoms with Crippen LogP contribution in [0.4, 0.5) is 0 Å². The van der Waals surface area contributed by atoms with E-state index in [2.05, 4.69) is 0 Å². The fourth-order valence-electron chi connectivity index (χ4n) is 0.878. The normalized spacial score (nSPS) is 26.2. The van der Waals surface area contributed by atoms with Crippen molar-refractivity contribution in [2.24, 2.45) is 0 Å². The Balaban J connectivity index is 2.76. The summed E-state index contributed by atoms with van der Waals surface area (Å²) in [4.78, 5) is 0. The molecule has 0 fully saturated rings. The standard InChI is InChI=1S/C6H4O2S/c7-9(8)3-5-1-2-6(5)4-9/h1-4H. The van der Waals surface area contributed by atoms with Gasteiger partial charge < -0.3 is 0 Å². The smallest absolute Gasteiger partial charge is 0.194 e. The van der Waals surface area contributed by atoms with Gasteiger partial charge in [-0.3, -0.25) is 0 Å². The van der Waals surface area contributed by atoms with E-state index in [1.54, 1.807) is 12.2 Å². The summed E-state index contributed by atoms with van der Waals surface area (Å²) in [7, 11) is -2.97. The van der Waals surface area contributed by atoms with E-state index in [-0.39, 0.29) is 0 Å². The summed E-state index contributed by atoms with van der Waals surface area (Å²) in [6, 6.07) is 0. The Morgan fingerprint density at radius 2 is 1.44 bits per heavy atom. The first-order valence-corrected chi connectivity index (χ1v) is 4.15. The van der Waals surface area contributed by atoms with Gasteiger partial charge in [-0.05, 0) is 11.1 Å². The van der Waals surface area contributed by atoms with Crippen LogP contribution in [0, 0.1) is 0 Å². The van der Waals surface area contributed by atoms with Gasteiger partial charge in [-0.2, -0.15) is 0 Å². The van der Waals surface area contributed by atoms with Crippen molar-refractivity contribution in [3.63, 3.8) is 0 Å². The third-order valence-electron chi connectivity index (χ3n) is 1.36. The Morgan fingerprint density at radius 3 is 1.67 bits per heavy atom. The second-order valence-electron chi connectivity index (χ2n) is 2.07. The molecule has 3 heteroatoms.